The molecule has 1 N–H and O–H groups in total. The Morgan fingerprint density at radius 3 is 2.56 bits per heavy atom. The zero-order chi connectivity index (χ0) is 12.0. The molecule has 5 heteroatoms. The lowest BCUT2D eigenvalue weighted by Gasteiger charge is -2.13. The fraction of sp³-hybridized carbons (Fsp3) is 0.455. The van der Waals surface area contributed by atoms with Gasteiger partial charge in [0.05, 0.1) is 6.61 Å². The highest BCUT2D eigenvalue weighted by molar-refractivity contribution is 5.51. The van der Waals surface area contributed by atoms with Crippen LogP contribution in [0.1, 0.15) is 5.56 Å². The van der Waals surface area contributed by atoms with E-state index in [1.54, 1.807) is 31.4 Å². The zero-order valence-electron chi connectivity index (χ0n) is 8.97. The van der Waals surface area contributed by atoms with Crippen LogP contribution >= 0.6 is 0 Å². The van der Waals surface area contributed by atoms with Crippen molar-refractivity contribution in [2.24, 2.45) is 0 Å². The Hall–Kier alpha value is -1.23. The van der Waals surface area contributed by atoms with Gasteiger partial charge in [-0.3, -0.25) is 0 Å². The van der Waals surface area contributed by atoms with Crippen molar-refractivity contribution in [2.45, 2.75) is 12.6 Å². The first-order valence-electron chi connectivity index (χ1n) is 4.90. The molecule has 0 aliphatic heterocycles. The van der Waals surface area contributed by atoms with E-state index in [0.717, 1.165) is 5.56 Å². The number of para-hydroxylation sites is 1. The molecule has 0 heterocycles. The van der Waals surface area contributed by atoms with E-state index in [4.69, 9.17) is 4.74 Å². The third kappa shape index (κ3) is 4.53. The van der Waals surface area contributed by atoms with Crippen molar-refractivity contribution in [1.82, 2.24) is 0 Å². The lowest BCUT2D eigenvalue weighted by Crippen LogP contribution is -2.22. The summed E-state index contributed by atoms with van der Waals surface area (Å²) in [6.45, 7) is -0.526. The first-order chi connectivity index (χ1) is 7.53. The Labute approximate surface area is 92.4 Å². The van der Waals surface area contributed by atoms with Crippen molar-refractivity contribution in [2.75, 3.05) is 25.6 Å². The largest absolute Gasteiger partial charge is 0.405 e. The lowest BCUT2D eigenvalue weighted by molar-refractivity contribution is -0.115. The van der Waals surface area contributed by atoms with Crippen molar-refractivity contribution >= 4 is 5.69 Å². The number of benzene rings is 1. The van der Waals surface area contributed by atoms with Gasteiger partial charge in [0.2, 0.25) is 0 Å². The van der Waals surface area contributed by atoms with Crippen LogP contribution in [0.3, 0.4) is 0 Å². The van der Waals surface area contributed by atoms with Gasteiger partial charge in [0, 0.05) is 12.8 Å². The highest BCUT2D eigenvalue weighted by atomic mass is 19.4. The zero-order valence-corrected chi connectivity index (χ0v) is 8.97. The first-order valence-corrected chi connectivity index (χ1v) is 4.90. The fourth-order valence-corrected chi connectivity index (χ4v) is 1.32. The van der Waals surface area contributed by atoms with Gasteiger partial charge in [0.15, 0.2) is 0 Å². The molecule has 1 rings (SSSR count). The summed E-state index contributed by atoms with van der Waals surface area (Å²) < 4.78 is 41.0. The smallest absolute Gasteiger partial charge is 0.384 e. The molecule has 0 aromatic heterocycles. The van der Waals surface area contributed by atoms with Crippen molar-refractivity contribution in [1.29, 1.82) is 0 Å². The number of hydrogen-bond donors (Lipinski definition) is 1. The van der Waals surface area contributed by atoms with Gasteiger partial charge in [-0.05, 0) is 18.1 Å². The molecule has 0 spiro atoms. The topological polar surface area (TPSA) is 21.3 Å². The van der Waals surface area contributed by atoms with Crippen LogP contribution in [0.25, 0.3) is 0 Å². The van der Waals surface area contributed by atoms with Crippen LogP contribution in [-0.2, 0) is 11.2 Å². The lowest BCUT2D eigenvalue weighted by atomic mass is 10.1. The summed E-state index contributed by atoms with van der Waals surface area (Å²) in [6, 6.07) is 6.92. The third-order valence-electron chi connectivity index (χ3n) is 2.07. The number of hydrogen-bond acceptors (Lipinski definition) is 2. The first kappa shape index (κ1) is 12.8. The Morgan fingerprint density at radius 2 is 1.94 bits per heavy atom. The van der Waals surface area contributed by atoms with Crippen LogP contribution in [0.4, 0.5) is 18.9 Å². The average molecular weight is 233 g/mol. The second-order valence-corrected chi connectivity index (χ2v) is 3.37. The second kappa shape index (κ2) is 5.75. The molecular formula is C11H14F3NO. The predicted molar refractivity (Wildman–Crippen MR) is 56.6 cm³/mol. The molecule has 0 aliphatic carbocycles. The Morgan fingerprint density at radius 1 is 1.25 bits per heavy atom. The third-order valence-corrected chi connectivity index (χ3v) is 2.07. The maximum Gasteiger partial charge on any atom is 0.405 e. The van der Waals surface area contributed by atoms with Crippen LogP contribution in [0.2, 0.25) is 0 Å². The molecule has 0 saturated carbocycles. The molecule has 1 aromatic carbocycles. The fourth-order valence-electron chi connectivity index (χ4n) is 1.32. The van der Waals surface area contributed by atoms with E-state index in [1.165, 1.54) is 0 Å². The molecule has 1 aromatic rings. The van der Waals surface area contributed by atoms with E-state index in [9.17, 15) is 13.2 Å². The highest BCUT2D eigenvalue weighted by Crippen LogP contribution is 2.19. The quantitative estimate of drug-likeness (QED) is 0.844. The van der Waals surface area contributed by atoms with E-state index < -0.39 is 12.7 Å². The van der Waals surface area contributed by atoms with Crippen LogP contribution in [0.15, 0.2) is 24.3 Å². The Kier molecular flexibility index (Phi) is 4.61. The molecule has 0 radical (unpaired) electrons. The standard InChI is InChI=1S/C11H14F3NO/c1-16-7-6-9-4-2-3-5-10(9)15-8-11(12,13)14/h2-5,15H,6-8H2,1H3. The minimum atomic E-state index is -4.20. The van der Waals surface area contributed by atoms with Crippen LogP contribution < -0.4 is 5.32 Å². The summed E-state index contributed by atoms with van der Waals surface area (Å²) in [6.07, 6.45) is -3.61. The maximum absolute atomic E-state index is 12.0. The van der Waals surface area contributed by atoms with Crippen LogP contribution in [-0.4, -0.2) is 26.4 Å². The van der Waals surface area contributed by atoms with E-state index >= 15 is 0 Å². The number of ether oxygens (including phenoxy) is 1. The van der Waals surface area contributed by atoms with E-state index in [-0.39, 0.29) is 0 Å². The number of halogens is 3. The summed E-state index contributed by atoms with van der Waals surface area (Å²) in [4.78, 5) is 0. The molecule has 0 saturated heterocycles. The van der Waals surface area contributed by atoms with Gasteiger partial charge in [0.1, 0.15) is 6.54 Å². The SMILES string of the molecule is COCCc1ccccc1NCC(F)(F)F. The van der Waals surface area contributed by atoms with Crippen molar-refractivity contribution in [3.05, 3.63) is 29.8 Å². The van der Waals surface area contributed by atoms with E-state index in [1.807, 2.05) is 0 Å². The monoisotopic (exact) mass is 233 g/mol. The number of alkyl halides is 3. The summed E-state index contributed by atoms with van der Waals surface area (Å²) in [7, 11) is 1.56. The predicted octanol–water partition coefficient (Wildman–Crippen LogP) is 2.85. The number of rotatable bonds is 5. The molecular weight excluding hydrogens is 219 g/mol. The van der Waals surface area contributed by atoms with Gasteiger partial charge >= 0.3 is 6.18 Å². The normalized spacial score (nSPS) is 11.5. The van der Waals surface area contributed by atoms with Gasteiger partial charge in [0.25, 0.3) is 0 Å². The Bertz CT molecular complexity index is 325. The molecule has 0 aliphatic rings. The van der Waals surface area contributed by atoms with Gasteiger partial charge in [-0.15, -0.1) is 0 Å². The van der Waals surface area contributed by atoms with Gasteiger partial charge in [-0.25, -0.2) is 0 Å². The summed E-state index contributed by atoms with van der Waals surface area (Å²) in [5.74, 6) is 0. The van der Waals surface area contributed by atoms with Crippen molar-refractivity contribution in [3.8, 4) is 0 Å². The van der Waals surface area contributed by atoms with Gasteiger partial charge < -0.3 is 10.1 Å². The minimum absolute atomic E-state index is 0.491. The Balaban J connectivity index is 2.63. The van der Waals surface area contributed by atoms with Gasteiger partial charge in [-0.1, -0.05) is 18.2 Å². The molecule has 0 fully saturated rings. The highest BCUT2D eigenvalue weighted by Gasteiger charge is 2.26. The van der Waals surface area contributed by atoms with Gasteiger partial charge in [-0.2, -0.15) is 13.2 Å². The number of anilines is 1. The summed E-state index contributed by atoms with van der Waals surface area (Å²) >= 11 is 0. The maximum atomic E-state index is 12.0. The van der Waals surface area contributed by atoms with E-state index in [0.29, 0.717) is 18.7 Å². The summed E-state index contributed by atoms with van der Waals surface area (Å²) in [5, 5.41) is 2.38. The molecule has 0 bridgehead atoms. The average Bonchev–Trinajstić information content (AvgIpc) is 2.23. The van der Waals surface area contributed by atoms with Crippen LogP contribution in [0, 0.1) is 0 Å². The van der Waals surface area contributed by atoms with E-state index in [2.05, 4.69) is 5.32 Å². The molecule has 16 heavy (non-hydrogen) atoms. The number of nitrogens with one attached hydrogen (secondary N) is 1. The molecule has 90 valence electrons. The summed E-state index contributed by atoms with van der Waals surface area (Å²) in [5.41, 5.74) is 1.34. The minimum Gasteiger partial charge on any atom is -0.384 e. The molecule has 0 amide bonds. The number of methoxy groups -OCH3 is 1. The molecule has 0 unspecified atom stereocenters. The van der Waals surface area contributed by atoms with Crippen molar-refractivity contribution in [3.63, 3.8) is 0 Å². The molecule has 2 nitrogen and oxygen atoms in total. The van der Waals surface area contributed by atoms with Crippen molar-refractivity contribution < 1.29 is 17.9 Å². The van der Waals surface area contributed by atoms with Crippen LogP contribution in [0.5, 0.6) is 0 Å². The molecule has 0 atom stereocenters. The second-order valence-electron chi connectivity index (χ2n) is 3.37.